The van der Waals surface area contributed by atoms with E-state index in [0.29, 0.717) is 17.9 Å². The first-order valence-electron chi connectivity index (χ1n) is 8.38. The highest BCUT2D eigenvalue weighted by atomic mass is 16.5. The third kappa shape index (κ3) is 3.52. The van der Waals surface area contributed by atoms with Crippen molar-refractivity contribution in [1.82, 2.24) is 4.90 Å². The number of hydrogen-bond acceptors (Lipinski definition) is 4. The molecule has 1 heterocycles. The molecule has 0 saturated heterocycles. The predicted octanol–water partition coefficient (Wildman–Crippen LogP) is 3.48. The van der Waals surface area contributed by atoms with Crippen LogP contribution >= 0.6 is 0 Å². The molecule has 0 unspecified atom stereocenters. The molecule has 1 aliphatic heterocycles. The van der Waals surface area contributed by atoms with Crippen molar-refractivity contribution in [3.05, 3.63) is 59.2 Å². The van der Waals surface area contributed by atoms with Crippen LogP contribution in [0.25, 0.3) is 0 Å². The summed E-state index contributed by atoms with van der Waals surface area (Å²) in [5.41, 5.74) is 2.60. The van der Waals surface area contributed by atoms with Crippen molar-refractivity contribution in [2.75, 3.05) is 13.2 Å². The van der Waals surface area contributed by atoms with Crippen LogP contribution in [0.15, 0.2) is 42.5 Å². The fourth-order valence-electron chi connectivity index (χ4n) is 3.23. The van der Waals surface area contributed by atoms with E-state index < -0.39 is 0 Å². The summed E-state index contributed by atoms with van der Waals surface area (Å²) in [6, 6.07) is 16.1. The summed E-state index contributed by atoms with van der Waals surface area (Å²) in [5, 5.41) is 18.9. The minimum Gasteiger partial charge on any atom is -0.506 e. The molecule has 1 atom stereocenters. The summed E-state index contributed by atoms with van der Waals surface area (Å²) in [7, 11) is 0. The zero-order chi connectivity index (χ0) is 16.9. The lowest BCUT2D eigenvalue weighted by molar-refractivity contribution is 0.112. The maximum absolute atomic E-state index is 9.81. The van der Waals surface area contributed by atoms with E-state index >= 15 is 0 Å². The third-order valence-corrected chi connectivity index (χ3v) is 4.44. The van der Waals surface area contributed by atoms with Gasteiger partial charge in [0.25, 0.3) is 0 Å². The van der Waals surface area contributed by atoms with Crippen LogP contribution in [0.4, 0.5) is 0 Å². The summed E-state index contributed by atoms with van der Waals surface area (Å²) in [6.07, 6.45) is 1.91. The zero-order valence-electron chi connectivity index (χ0n) is 13.9. The molecule has 2 aromatic carbocycles. The van der Waals surface area contributed by atoms with E-state index in [-0.39, 0.29) is 11.8 Å². The SMILES string of the molecule is CCCN(Cc1ccccc1)[C@@H]1COc2cc(O)c(C#N)cc2C1. The van der Waals surface area contributed by atoms with Gasteiger partial charge in [0.1, 0.15) is 24.2 Å². The van der Waals surface area contributed by atoms with Crippen molar-refractivity contribution in [2.45, 2.75) is 32.4 Å². The summed E-state index contributed by atoms with van der Waals surface area (Å²) < 4.78 is 5.87. The quantitative estimate of drug-likeness (QED) is 0.915. The highest BCUT2D eigenvalue weighted by molar-refractivity contribution is 5.52. The molecule has 0 bridgehead atoms. The number of nitriles is 1. The van der Waals surface area contributed by atoms with E-state index in [1.165, 1.54) is 5.56 Å². The van der Waals surface area contributed by atoms with Crippen LogP contribution in [0.5, 0.6) is 11.5 Å². The topological polar surface area (TPSA) is 56.5 Å². The number of benzene rings is 2. The van der Waals surface area contributed by atoms with Crippen molar-refractivity contribution in [2.24, 2.45) is 0 Å². The van der Waals surface area contributed by atoms with Crippen LogP contribution in [-0.4, -0.2) is 29.2 Å². The van der Waals surface area contributed by atoms with Gasteiger partial charge in [-0.1, -0.05) is 37.3 Å². The van der Waals surface area contributed by atoms with Crippen molar-refractivity contribution in [3.63, 3.8) is 0 Å². The van der Waals surface area contributed by atoms with Crippen LogP contribution in [0.3, 0.4) is 0 Å². The van der Waals surface area contributed by atoms with Crippen LogP contribution < -0.4 is 4.74 Å². The largest absolute Gasteiger partial charge is 0.506 e. The van der Waals surface area contributed by atoms with E-state index in [9.17, 15) is 5.11 Å². The van der Waals surface area contributed by atoms with Gasteiger partial charge in [0.2, 0.25) is 0 Å². The highest BCUT2D eigenvalue weighted by Gasteiger charge is 2.26. The lowest BCUT2D eigenvalue weighted by Crippen LogP contribution is -2.43. The highest BCUT2D eigenvalue weighted by Crippen LogP contribution is 2.33. The number of phenolic OH excluding ortho intramolecular Hbond substituents is 1. The second-order valence-electron chi connectivity index (χ2n) is 6.21. The van der Waals surface area contributed by atoms with Gasteiger partial charge in [-0.05, 0) is 36.6 Å². The van der Waals surface area contributed by atoms with Crippen molar-refractivity contribution < 1.29 is 9.84 Å². The molecule has 0 spiro atoms. The maximum atomic E-state index is 9.81. The van der Waals surface area contributed by atoms with Gasteiger partial charge in [-0.2, -0.15) is 5.26 Å². The number of rotatable bonds is 5. The van der Waals surface area contributed by atoms with E-state index in [2.05, 4.69) is 36.1 Å². The lowest BCUT2D eigenvalue weighted by atomic mass is 9.98. The van der Waals surface area contributed by atoms with Gasteiger partial charge in [-0.25, -0.2) is 0 Å². The van der Waals surface area contributed by atoms with Crippen LogP contribution in [-0.2, 0) is 13.0 Å². The fraction of sp³-hybridized carbons (Fsp3) is 0.350. The molecule has 0 radical (unpaired) electrons. The number of aromatic hydroxyl groups is 1. The predicted molar refractivity (Wildman–Crippen MR) is 93.0 cm³/mol. The van der Waals surface area contributed by atoms with Crippen LogP contribution in [0, 0.1) is 11.3 Å². The number of ether oxygens (including phenoxy) is 1. The molecule has 0 aromatic heterocycles. The minimum atomic E-state index is -0.00981. The summed E-state index contributed by atoms with van der Waals surface area (Å²) in [4.78, 5) is 2.44. The smallest absolute Gasteiger partial charge is 0.137 e. The zero-order valence-corrected chi connectivity index (χ0v) is 13.9. The fourth-order valence-corrected chi connectivity index (χ4v) is 3.23. The average Bonchev–Trinajstić information content (AvgIpc) is 2.61. The Balaban J connectivity index is 1.79. The molecule has 2 aromatic rings. The normalized spacial score (nSPS) is 16.3. The number of hydrogen-bond donors (Lipinski definition) is 1. The first-order valence-corrected chi connectivity index (χ1v) is 8.38. The number of fused-ring (bicyclic) bond motifs is 1. The second kappa shape index (κ2) is 7.37. The molecular weight excluding hydrogens is 300 g/mol. The van der Waals surface area contributed by atoms with E-state index in [4.69, 9.17) is 10.00 Å². The second-order valence-corrected chi connectivity index (χ2v) is 6.21. The average molecular weight is 322 g/mol. The Bertz CT molecular complexity index is 737. The maximum Gasteiger partial charge on any atom is 0.137 e. The van der Waals surface area contributed by atoms with Crippen molar-refractivity contribution in [3.8, 4) is 17.6 Å². The lowest BCUT2D eigenvalue weighted by Gasteiger charge is -2.35. The Morgan fingerprint density at radius 1 is 1.29 bits per heavy atom. The molecule has 0 aliphatic carbocycles. The molecule has 124 valence electrons. The third-order valence-electron chi connectivity index (χ3n) is 4.44. The summed E-state index contributed by atoms with van der Waals surface area (Å²) in [5.74, 6) is 0.684. The first kappa shape index (κ1) is 16.4. The molecule has 0 amide bonds. The number of phenols is 1. The summed E-state index contributed by atoms with van der Waals surface area (Å²) >= 11 is 0. The number of nitrogens with zero attached hydrogens (tertiary/aromatic N) is 2. The Hall–Kier alpha value is -2.51. The molecule has 4 nitrogen and oxygen atoms in total. The van der Waals surface area contributed by atoms with E-state index in [1.807, 2.05) is 12.1 Å². The molecule has 4 heteroatoms. The summed E-state index contributed by atoms with van der Waals surface area (Å²) in [6.45, 7) is 4.68. The molecule has 3 rings (SSSR count). The van der Waals surface area contributed by atoms with Gasteiger partial charge in [0.15, 0.2) is 0 Å². The van der Waals surface area contributed by atoms with Crippen molar-refractivity contribution in [1.29, 1.82) is 5.26 Å². The van der Waals surface area contributed by atoms with Gasteiger partial charge in [0, 0.05) is 18.7 Å². The van der Waals surface area contributed by atoms with E-state index in [0.717, 1.165) is 31.5 Å². The standard InChI is InChI=1S/C20H22N2O2/c1-2-8-22(13-15-6-4-3-5-7-15)18-10-16-9-17(12-21)19(23)11-20(16)24-14-18/h3-7,9,11,18,23H,2,8,10,13-14H2,1H3/t18-/m0/s1. The van der Waals surface area contributed by atoms with Gasteiger partial charge in [-0.15, -0.1) is 0 Å². The molecule has 1 N–H and O–H groups in total. The first-order chi connectivity index (χ1) is 11.7. The van der Waals surface area contributed by atoms with Gasteiger partial charge in [0.05, 0.1) is 5.56 Å². The Labute approximate surface area is 142 Å². The van der Waals surface area contributed by atoms with Gasteiger partial charge in [-0.3, -0.25) is 4.90 Å². The van der Waals surface area contributed by atoms with Crippen LogP contribution in [0.2, 0.25) is 0 Å². The van der Waals surface area contributed by atoms with Crippen molar-refractivity contribution >= 4 is 0 Å². The Morgan fingerprint density at radius 3 is 2.79 bits per heavy atom. The minimum absolute atomic E-state index is 0.00981. The Morgan fingerprint density at radius 2 is 2.08 bits per heavy atom. The Kier molecular flexibility index (Phi) is 5.02. The van der Waals surface area contributed by atoms with Gasteiger partial charge >= 0.3 is 0 Å². The molecule has 0 saturated carbocycles. The van der Waals surface area contributed by atoms with E-state index in [1.54, 1.807) is 12.1 Å². The molecule has 1 aliphatic rings. The molecule has 0 fully saturated rings. The van der Waals surface area contributed by atoms with Gasteiger partial charge < -0.3 is 9.84 Å². The van der Waals surface area contributed by atoms with Crippen LogP contribution in [0.1, 0.15) is 30.0 Å². The molecule has 24 heavy (non-hydrogen) atoms. The molecular formula is C20H22N2O2. The monoisotopic (exact) mass is 322 g/mol.